The smallest absolute Gasteiger partial charge is 0.275 e. The van der Waals surface area contributed by atoms with E-state index in [2.05, 4.69) is 25.7 Å². The molecule has 2 amide bonds. The summed E-state index contributed by atoms with van der Waals surface area (Å²) in [5.41, 5.74) is 1.08. The predicted octanol–water partition coefficient (Wildman–Crippen LogP) is 0.438. The maximum Gasteiger partial charge on any atom is 0.275 e. The van der Waals surface area contributed by atoms with Crippen molar-refractivity contribution in [2.24, 2.45) is 0 Å². The summed E-state index contributed by atoms with van der Waals surface area (Å²) in [6, 6.07) is 6.67. The van der Waals surface area contributed by atoms with Gasteiger partial charge in [-0.1, -0.05) is 23.4 Å². The van der Waals surface area contributed by atoms with Crippen molar-refractivity contribution in [1.82, 2.24) is 30.6 Å². The molecule has 0 bridgehead atoms. The lowest BCUT2D eigenvalue weighted by molar-refractivity contribution is -0.128. The van der Waals surface area contributed by atoms with E-state index in [0.29, 0.717) is 30.5 Å². The molecule has 25 heavy (non-hydrogen) atoms. The van der Waals surface area contributed by atoms with Crippen LogP contribution in [0.3, 0.4) is 0 Å². The van der Waals surface area contributed by atoms with Crippen LogP contribution in [-0.2, 0) is 11.2 Å². The number of nitrogens with zero attached hydrogens (tertiary/aromatic N) is 4. The lowest BCUT2D eigenvalue weighted by Gasteiger charge is -2.33. The van der Waals surface area contributed by atoms with Crippen molar-refractivity contribution in [2.75, 3.05) is 13.1 Å². The molecule has 4 rings (SSSR count). The van der Waals surface area contributed by atoms with Crippen molar-refractivity contribution >= 4 is 22.7 Å². The number of carbonyl (C=O) groups is 2. The van der Waals surface area contributed by atoms with Gasteiger partial charge in [-0.15, -0.1) is 0 Å². The number of fused-ring (bicyclic) bond motifs is 1. The van der Waals surface area contributed by atoms with Crippen molar-refractivity contribution < 1.29 is 14.1 Å². The molecule has 9 nitrogen and oxygen atoms in total. The van der Waals surface area contributed by atoms with Gasteiger partial charge in [-0.05, 0) is 13.0 Å². The third-order valence-electron chi connectivity index (χ3n) is 4.20. The largest absolute Gasteiger partial charge is 0.353 e. The van der Waals surface area contributed by atoms with Gasteiger partial charge in [-0.2, -0.15) is 10.1 Å². The second kappa shape index (κ2) is 6.00. The van der Waals surface area contributed by atoms with Gasteiger partial charge in [-0.25, -0.2) is 0 Å². The van der Waals surface area contributed by atoms with Crippen LogP contribution < -0.4 is 5.32 Å². The number of rotatable bonds is 3. The Morgan fingerprint density at radius 2 is 2.24 bits per heavy atom. The van der Waals surface area contributed by atoms with Gasteiger partial charge in [0.25, 0.3) is 5.91 Å². The van der Waals surface area contributed by atoms with Crippen molar-refractivity contribution in [3.8, 4) is 0 Å². The zero-order chi connectivity index (χ0) is 17.4. The monoisotopic (exact) mass is 340 g/mol. The van der Waals surface area contributed by atoms with E-state index in [9.17, 15) is 9.59 Å². The van der Waals surface area contributed by atoms with Crippen LogP contribution >= 0.6 is 0 Å². The Labute approximate surface area is 142 Å². The number of aryl methyl sites for hydroxylation is 1. The Morgan fingerprint density at radius 1 is 1.40 bits per heavy atom. The Balaban J connectivity index is 1.65. The fraction of sp³-hybridized carbons (Fsp3) is 0.312. The minimum atomic E-state index is -0.712. The summed E-state index contributed by atoms with van der Waals surface area (Å²) >= 11 is 0. The number of aromatic nitrogens is 4. The van der Waals surface area contributed by atoms with Gasteiger partial charge < -0.3 is 14.7 Å². The number of carbonyl (C=O) groups excluding carboxylic acids is 2. The molecule has 1 unspecified atom stereocenters. The molecule has 1 aliphatic heterocycles. The minimum Gasteiger partial charge on any atom is -0.353 e. The van der Waals surface area contributed by atoms with E-state index >= 15 is 0 Å². The van der Waals surface area contributed by atoms with Crippen LogP contribution in [0.15, 0.2) is 28.8 Å². The van der Waals surface area contributed by atoms with E-state index in [1.807, 2.05) is 24.3 Å². The normalized spacial score (nSPS) is 17.7. The van der Waals surface area contributed by atoms with Crippen molar-refractivity contribution in [3.05, 3.63) is 41.7 Å². The van der Waals surface area contributed by atoms with Gasteiger partial charge in [-0.3, -0.25) is 14.7 Å². The topological polar surface area (TPSA) is 117 Å². The van der Waals surface area contributed by atoms with Gasteiger partial charge >= 0.3 is 0 Å². The van der Waals surface area contributed by atoms with Crippen LogP contribution in [0.2, 0.25) is 0 Å². The Morgan fingerprint density at radius 3 is 3.04 bits per heavy atom. The first kappa shape index (κ1) is 15.3. The second-order valence-electron chi connectivity index (χ2n) is 5.86. The van der Waals surface area contributed by atoms with E-state index in [1.54, 1.807) is 6.92 Å². The van der Waals surface area contributed by atoms with Crippen LogP contribution in [0.4, 0.5) is 0 Å². The summed E-state index contributed by atoms with van der Waals surface area (Å²) in [6.07, 6.45) is 0.167. The highest BCUT2D eigenvalue weighted by atomic mass is 16.5. The third-order valence-corrected chi connectivity index (χ3v) is 4.20. The van der Waals surface area contributed by atoms with Crippen LogP contribution in [0, 0.1) is 6.92 Å². The van der Waals surface area contributed by atoms with Crippen LogP contribution in [0.25, 0.3) is 10.9 Å². The fourth-order valence-electron chi connectivity index (χ4n) is 3.01. The number of nitrogens with one attached hydrogen (secondary N) is 2. The molecule has 2 aromatic heterocycles. The third kappa shape index (κ3) is 2.73. The molecular weight excluding hydrogens is 324 g/mol. The quantitative estimate of drug-likeness (QED) is 0.714. The average molecular weight is 340 g/mol. The van der Waals surface area contributed by atoms with Crippen molar-refractivity contribution in [2.45, 2.75) is 19.4 Å². The zero-order valence-corrected chi connectivity index (χ0v) is 13.5. The molecule has 0 saturated carbocycles. The molecule has 0 aliphatic carbocycles. The summed E-state index contributed by atoms with van der Waals surface area (Å²) in [6.45, 7) is 2.49. The number of benzene rings is 1. The maximum absolute atomic E-state index is 13.0. The highest BCUT2D eigenvalue weighted by Gasteiger charge is 2.36. The Bertz CT molecular complexity index is 946. The lowest BCUT2D eigenvalue weighted by Crippen LogP contribution is -2.58. The first-order valence-electron chi connectivity index (χ1n) is 7.94. The molecule has 0 radical (unpaired) electrons. The van der Waals surface area contributed by atoms with Crippen LogP contribution in [0.5, 0.6) is 0 Å². The van der Waals surface area contributed by atoms with Crippen LogP contribution in [0.1, 0.15) is 22.2 Å². The first-order valence-corrected chi connectivity index (χ1v) is 7.94. The van der Waals surface area contributed by atoms with Gasteiger partial charge in [0.1, 0.15) is 6.04 Å². The highest BCUT2D eigenvalue weighted by Crippen LogP contribution is 2.20. The number of amides is 2. The summed E-state index contributed by atoms with van der Waals surface area (Å²) in [5.74, 6) is 0.274. The molecule has 0 spiro atoms. The Hall–Kier alpha value is -3.23. The molecule has 3 aromatic rings. The van der Waals surface area contributed by atoms with E-state index < -0.39 is 6.04 Å². The Kier molecular flexibility index (Phi) is 3.68. The van der Waals surface area contributed by atoms with Gasteiger partial charge in [0.2, 0.25) is 11.8 Å². The van der Waals surface area contributed by atoms with Crippen molar-refractivity contribution in [3.63, 3.8) is 0 Å². The maximum atomic E-state index is 13.0. The molecule has 128 valence electrons. The van der Waals surface area contributed by atoms with Gasteiger partial charge in [0, 0.05) is 18.5 Å². The number of hydrogen-bond acceptors (Lipinski definition) is 6. The highest BCUT2D eigenvalue weighted by molar-refractivity contribution is 6.06. The van der Waals surface area contributed by atoms with Crippen molar-refractivity contribution in [1.29, 1.82) is 0 Å². The molecule has 1 aromatic carbocycles. The van der Waals surface area contributed by atoms with E-state index in [0.717, 1.165) is 10.9 Å². The van der Waals surface area contributed by atoms with E-state index in [-0.39, 0.29) is 18.2 Å². The number of H-pyrrole nitrogens is 1. The number of aromatic amines is 1. The molecular formula is C16H16N6O3. The summed E-state index contributed by atoms with van der Waals surface area (Å²) in [7, 11) is 0. The summed E-state index contributed by atoms with van der Waals surface area (Å²) in [4.78, 5) is 31.0. The molecule has 9 heteroatoms. The molecule has 1 aliphatic rings. The molecule has 1 atom stereocenters. The fourth-order valence-corrected chi connectivity index (χ4v) is 3.01. The zero-order valence-electron chi connectivity index (χ0n) is 13.5. The van der Waals surface area contributed by atoms with Crippen LogP contribution in [-0.4, -0.2) is 56.2 Å². The average Bonchev–Trinajstić information content (AvgIpc) is 3.22. The first-order chi connectivity index (χ1) is 12.1. The SMILES string of the molecule is Cc1noc(CC2C(=O)NCCN2C(=O)c2n[nH]c3ccccc23)n1. The number of hydrogen-bond donors (Lipinski definition) is 2. The van der Waals surface area contributed by atoms with Gasteiger partial charge in [0.05, 0.1) is 11.9 Å². The summed E-state index contributed by atoms with van der Waals surface area (Å²) in [5, 5.41) is 14.2. The molecule has 3 heterocycles. The standard InChI is InChI=1S/C16H16N6O3/c1-9-18-13(25-21-9)8-12-15(23)17-6-7-22(12)16(24)14-10-4-2-3-5-11(10)19-20-14/h2-5,12H,6-8H2,1H3,(H,17,23)(H,19,20). The number of piperazine rings is 1. The molecule has 1 fully saturated rings. The van der Waals surface area contributed by atoms with Gasteiger partial charge in [0.15, 0.2) is 11.5 Å². The lowest BCUT2D eigenvalue weighted by atomic mass is 10.1. The molecule has 1 saturated heterocycles. The van der Waals surface area contributed by atoms with E-state index in [4.69, 9.17) is 4.52 Å². The minimum absolute atomic E-state index is 0.167. The summed E-state index contributed by atoms with van der Waals surface area (Å²) < 4.78 is 5.10. The molecule has 2 N–H and O–H groups in total. The predicted molar refractivity (Wildman–Crippen MR) is 86.7 cm³/mol. The number of para-hydroxylation sites is 1. The van der Waals surface area contributed by atoms with E-state index in [1.165, 1.54) is 4.90 Å². The second-order valence-corrected chi connectivity index (χ2v) is 5.86.